The second kappa shape index (κ2) is 7.20. The minimum Gasteiger partial charge on any atom is -0.497 e. The predicted molar refractivity (Wildman–Crippen MR) is 102 cm³/mol. The zero-order chi connectivity index (χ0) is 17.1. The fraction of sp³-hybridized carbons (Fsp3) is 0.222. The molecule has 0 aliphatic carbocycles. The number of thiocarbonyl (C=S) groups is 1. The van der Waals surface area contributed by atoms with Gasteiger partial charge < -0.3 is 10.1 Å². The van der Waals surface area contributed by atoms with Crippen LogP contribution in [0.15, 0.2) is 53.6 Å². The normalized spacial score (nSPS) is 16.7. The van der Waals surface area contributed by atoms with E-state index in [2.05, 4.69) is 5.32 Å². The van der Waals surface area contributed by atoms with Gasteiger partial charge in [-0.05, 0) is 42.0 Å². The third-order valence-electron chi connectivity index (χ3n) is 3.97. The van der Waals surface area contributed by atoms with E-state index in [1.54, 1.807) is 14.2 Å². The Bertz CT molecular complexity index is 793. The Hall–Kier alpha value is -2.11. The summed E-state index contributed by atoms with van der Waals surface area (Å²) < 4.78 is 5.31. The van der Waals surface area contributed by atoms with Crippen LogP contribution >= 0.6 is 23.8 Å². The van der Waals surface area contributed by atoms with Crippen molar-refractivity contribution in [3.63, 3.8) is 0 Å². The molecular weight excluding hydrogens is 342 g/mol. The molecule has 1 heterocycles. The molecule has 2 aromatic rings. The smallest absolute Gasteiger partial charge is 0.189 e. The van der Waals surface area contributed by atoms with Gasteiger partial charge >= 0.3 is 0 Å². The van der Waals surface area contributed by atoms with Crippen LogP contribution in [0, 0.1) is 0 Å². The molecule has 6 heteroatoms. The van der Waals surface area contributed by atoms with Gasteiger partial charge in [-0.3, -0.25) is 0 Å². The molecule has 1 atom stereocenters. The Morgan fingerprint density at radius 2 is 2.08 bits per heavy atom. The maximum atomic E-state index is 6.16. The molecule has 24 heavy (non-hydrogen) atoms. The van der Waals surface area contributed by atoms with Crippen LogP contribution in [-0.4, -0.2) is 30.0 Å². The first-order chi connectivity index (χ1) is 11.6. The zero-order valence-electron chi connectivity index (χ0n) is 13.5. The molecule has 3 rings (SSSR count). The molecule has 0 radical (unpaired) electrons. The van der Waals surface area contributed by atoms with Crippen molar-refractivity contribution in [3.05, 3.63) is 64.7 Å². The van der Waals surface area contributed by atoms with Crippen LogP contribution < -0.4 is 10.1 Å². The molecule has 4 nitrogen and oxygen atoms in total. The summed E-state index contributed by atoms with van der Waals surface area (Å²) in [4.78, 5) is 0. The van der Waals surface area contributed by atoms with E-state index >= 15 is 0 Å². The first kappa shape index (κ1) is 16.7. The number of nitrogens with one attached hydrogen (secondary N) is 1. The van der Waals surface area contributed by atoms with E-state index in [0.717, 1.165) is 29.0 Å². The van der Waals surface area contributed by atoms with E-state index in [9.17, 15) is 0 Å². The third kappa shape index (κ3) is 3.37. The predicted octanol–water partition coefficient (Wildman–Crippen LogP) is 4.00. The van der Waals surface area contributed by atoms with E-state index in [1.807, 2.05) is 53.5 Å². The Morgan fingerprint density at radius 1 is 1.29 bits per heavy atom. The quantitative estimate of drug-likeness (QED) is 0.840. The van der Waals surface area contributed by atoms with E-state index in [4.69, 9.17) is 33.7 Å². The highest BCUT2D eigenvalue weighted by molar-refractivity contribution is 7.80. The second-order valence-electron chi connectivity index (χ2n) is 5.45. The molecule has 0 saturated heterocycles. The maximum Gasteiger partial charge on any atom is 0.189 e. The van der Waals surface area contributed by atoms with Crippen molar-refractivity contribution in [1.82, 2.24) is 10.3 Å². The summed E-state index contributed by atoms with van der Waals surface area (Å²) in [7, 11) is 3.46. The van der Waals surface area contributed by atoms with Crippen LogP contribution in [0.1, 0.15) is 23.6 Å². The number of hydrogen-bond donors (Lipinski definition) is 1. The molecule has 0 amide bonds. The average molecular weight is 360 g/mol. The van der Waals surface area contributed by atoms with E-state index in [1.165, 1.54) is 0 Å². The number of benzene rings is 2. The van der Waals surface area contributed by atoms with Gasteiger partial charge in [0.25, 0.3) is 0 Å². The molecule has 1 aliphatic heterocycles. The monoisotopic (exact) mass is 359 g/mol. The maximum absolute atomic E-state index is 6.16. The van der Waals surface area contributed by atoms with Gasteiger partial charge in [-0.15, -0.1) is 0 Å². The highest BCUT2D eigenvalue weighted by atomic mass is 35.5. The molecular formula is C18H18ClN3OS. The van der Waals surface area contributed by atoms with Crippen LogP contribution in [0.4, 0.5) is 0 Å². The van der Waals surface area contributed by atoms with Gasteiger partial charge in [0.15, 0.2) is 5.11 Å². The largest absolute Gasteiger partial charge is 0.497 e. The van der Waals surface area contributed by atoms with Crippen LogP contribution in [0.3, 0.4) is 0 Å². The number of methoxy groups -OCH3 is 1. The zero-order valence-corrected chi connectivity index (χ0v) is 15.1. The molecule has 0 fully saturated rings. The van der Waals surface area contributed by atoms with Gasteiger partial charge in [0, 0.05) is 24.1 Å². The number of hydrogen-bond acceptors (Lipinski definition) is 3. The van der Waals surface area contributed by atoms with Crippen molar-refractivity contribution in [2.75, 3.05) is 14.2 Å². The Morgan fingerprint density at radius 3 is 2.79 bits per heavy atom. The summed E-state index contributed by atoms with van der Waals surface area (Å²) in [6.07, 6.45) is 0.745. The van der Waals surface area contributed by atoms with Gasteiger partial charge in [-0.2, -0.15) is 5.10 Å². The van der Waals surface area contributed by atoms with E-state index < -0.39 is 0 Å². The SMILES string of the molecule is CNC(=S)N1N=C(c2cccc(OC)c2)CC1c1cccc(Cl)c1. The summed E-state index contributed by atoms with van der Waals surface area (Å²) >= 11 is 11.6. The number of nitrogens with zero attached hydrogens (tertiary/aromatic N) is 2. The van der Waals surface area contributed by atoms with Crippen molar-refractivity contribution in [1.29, 1.82) is 0 Å². The molecule has 1 unspecified atom stereocenters. The summed E-state index contributed by atoms with van der Waals surface area (Å²) in [6.45, 7) is 0. The number of hydrazone groups is 1. The molecule has 1 aliphatic rings. The molecule has 0 bridgehead atoms. The van der Waals surface area contributed by atoms with E-state index in [-0.39, 0.29) is 6.04 Å². The number of rotatable bonds is 3. The van der Waals surface area contributed by atoms with Crippen molar-refractivity contribution < 1.29 is 4.74 Å². The van der Waals surface area contributed by atoms with Crippen molar-refractivity contribution in [3.8, 4) is 5.75 Å². The summed E-state index contributed by atoms with van der Waals surface area (Å²) in [5.41, 5.74) is 3.08. The summed E-state index contributed by atoms with van der Waals surface area (Å²) in [6, 6.07) is 15.7. The lowest BCUT2D eigenvalue weighted by Crippen LogP contribution is -2.34. The van der Waals surface area contributed by atoms with Crippen molar-refractivity contribution >= 4 is 34.6 Å². The first-order valence-corrected chi connectivity index (χ1v) is 8.39. The Balaban J connectivity index is 1.96. The minimum absolute atomic E-state index is 0.0184. The van der Waals surface area contributed by atoms with Gasteiger partial charge in [-0.1, -0.05) is 35.9 Å². The molecule has 124 valence electrons. The first-order valence-electron chi connectivity index (χ1n) is 7.60. The Kier molecular flexibility index (Phi) is 5.02. The molecule has 0 spiro atoms. The lowest BCUT2D eigenvalue weighted by Gasteiger charge is -2.23. The standard InChI is InChI=1S/C18H18ClN3OS/c1-20-18(24)22-17(13-6-3-7-14(19)9-13)11-16(21-22)12-5-4-8-15(10-12)23-2/h3-10,17H,11H2,1-2H3,(H,20,24). The van der Waals surface area contributed by atoms with Gasteiger partial charge in [0.2, 0.25) is 0 Å². The highest BCUT2D eigenvalue weighted by Gasteiger charge is 2.31. The number of halogens is 1. The van der Waals surface area contributed by atoms with Gasteiger partial charge in [0.1, 0.15) is 5.75 Å². The van der Waals surface area contributed by atoms with Gasteiger partial charge in [-0.25, -0.2) is 5.01 Å². The fourth-order valence-corrected chi connectivity index (χ4v) is 3.13. The summed E-state index contributed by atoms with van der Waals surface area (Å²) in [5.74, 6) is 0.809. The number of ether oxygens (including phenoxy) is 1. The lowest BCUT2D eigenvalue weighted by atomic mass is 9.98. The average Bonchev–Trinajstić information content (AvgIpc) is 3.06. The lowest BCUT2D eigenvalue weighted by molar-refractivity contribution is 0.367. The van der Waals surface area contributed by atoms with Crippen molar-refractivity contribution in [2.45, 2.75) is 12.5 Å². The van der Waals surface area contributed by atoms with Crippen LogP contribution in [-0.2, 0) is 0 Å². The van der Waals surface area contributed by atoms with Gasteiger partial charge in [0.05, 0.1) is 18.9 Å². The van der Waals surface area contributed by atoms with Crippen LogP contribution in [0.25, 0.3) is 0 Å². The van der Waals surface area contributed by atoms with Crippen LogP contribution in [0.2, 0.25) is 5.02 Å². The molecule has 2 aromatic carbocycles. The van der Waals surface area contributed by atoms with Crippen molar-refractivity contribution in [2.24, 2.45) is 5.10 Å². The fourth-order valence-electron chi connectivity index (χ4n) is 2.76. The molecule has 0 saturated carbocycles. The molecule has 1 N–H and O–H groups in total. The highest BCUT2D eigenvalue weighted by Crippen LogP contribution is 2.34. The topological polar surface area (TPSA) is 36.9 Å². The third-order valence-corrected chi connectivity index (χ3v) is 4.59. The van der Waals surface area contributed by atoms with Crippen LogP contribution in [0.5, 0.6) is 5.75 Å². The Labute approximate surface area is 152 Å². The molecule has 0 aromatic heterocycles. The van der Waals surface area contributed by atoms with E-state index in [0.29, 0.717) is 10.1 Å². The summed E-state index contributed by atoms with van der Waals surface area (Å²) in [5, 5.41) is 10.9. The minimum atomic E-state index is 0.0184. The second-order valence-corrected chi connectivity index (χ2v) is 6.28.